The lowest BCUT2D eigenvalue weighted by Gasteiger charge is -2.31. The van der Waals surface area contributed by atoms with Crippen molar-refractivity contribution >= 4 is 5.91 Å². The molecule has 9 nitrogen and oxygen atoms in total. The summed E-state index contributed by atoms with van der Waals surface area (Å²) in [7, 11) is 6.28. The second-order valence-corrected chi connectivity index (χ2v) is 7.69. The minimum absolute atomic E-state index is 0.0377. The number of nitrogens with zero attached hydrogens (tertiary/aromatic N) is 3. The average molecular weight is 453 g/mol. The third-order valence-corrected chi connectivity index (χ3v) is 5.77. The molecular formula is C24H27N3O6. The summed E-state index contributed by atoms with van der Waals surface area (Å²) in [5.41, 5.74) is 1.31. The Morgan fingerprint density at radius 1 is 0.939 bits per heavy atom. The highest BCUT2D eigenvalue weighted by Crippen LogP contribution is 2.33. The molecule has 1 aliphatic rings. The van der Waals surface area contributed by atoms with Gasteiger partial charge in [-0.3, -0.25) is 4.79 Å². The van der Waals surface area contributed by atoms with E-state index >= 15 is 0 Å². The minimum Gasteiger partial charge on any atom is -0.493 e. The number of ether oxygens (including phenoxy) is 4. The lowest BCUT2D eigenvalue weighted by Crippen LogP contribution is -2.39. The van der Waals surface area contributed by atoms with Gasteiger partial charge in [-0.2, -0.15) is 4.98 Å². The van der Waals surface area contributed by atoms with E-state index in [1.165, 1.54) is 0 Å². The fraction of sp³-hybridized carbons (Fsp3) is 0.375. The van der Waals surface area contributed by atoms with Crippen molar-refractivity contribution in [3.8, 4) is 34.4 Å². The van der Waals surface area contributed by atoms with Crippen LogP contribution in [-0.4, -0.2) is 62.5 Å². The Labute approximate surface area is 192 Å². The van der Waals surface area contributed by atoms with Gasteiger partial charge >= 0.3 is 0 Å². The second kappa shape index (κ2) is 9.81. The molecule has 3 aromatic rings. The predicted molar refractivity (Wildman–Crippen MR) is 120 cm³/mol. The van der Waals surface area contributed by atoms with Crippen LogP contribution in [0, 0.1) is 0 Å². The quantitative estimate of drug-likeness (QED) is 0.533. The molecule has 1 amide bonds. The topological polar surface area (TPSA) is 96.2 Å². The monoisotopic (exact) mass is 453 g/mol. The van der Waals surface area contributed by atoms with Gasteiger partial charge in [0.25, 0.3) is 5.91 Å². The van der Waals surface area contributed by atoms with E-state index in [1.54, 1.807) is 58.8 Å². The lowest BCUT2D eigenvalue weighted by molar-refractivity contribution is 0.0695. The molecule has 0 bridgehead atoms. The summed E-state index contributed by atoms with van der Waals surface area (Å²) in [5, 5.41) is 4.15. The molecule has 0 spiro atoms. The molecule has 0 aliphatic carbocycles. The first-order valence-corrected chi connectivity index (χ1v) is 10.6. The first-order valence-electron chi connectivity index (χ1n) is 10.6. The molecule has 1 fully saturated rings. The molecule has 33 heavy (non-hydrogen) atoms. The van der Waals surface area contributed by atoms with Crippen molar-refractivity contribution in [2.75, 3.05) is 41.5 Å². The molecular weight excluding hydrogens is 426 g/mol. The van der Waals surface area contributed by atoms with Crippen LogP contribution in [0.5, 0.6) is 23.0 Å². The van der Waals surface area contributed by atoms with Crippen molar-refractivity contribution in [2.24, 2.45) is 0 Å². The second-order valence-electron chi connectivity index (χ2n) is 7.69. The lowest BCUT2D eigenvalue weighted by atomic mass is 9.97. The van der Waals surface area contributed by atoms with Gasteiger partial charge in [0.2, 0.25) is 11.7 Å². The Kier molecular flexibility index (Phi) is 6.67. The molecule has 174 valence electrons. The molecule has 1 atom stereocenters. The van der Waals surface area contributed by atoms with E-state index in [9.17, 15) is 4.79 Å². The van der Waals surface area contributed by atoms with E-state index in [1.807, 2.05) is 11.0 Å². The van der Waals surface area contributed by atoms with E-state index < -0.39 is 0 Å². The minimum atomic E-state index is -0.0692. The molecule has 1 aliphatic heterocycles. The molecule has 1 unspecified atom stereocenters. The van der Waals surface area contributed by atoms with Gasteiger partial charge in [0.1, 0.15) is 0 Å². The number of carbonyl (C=O) groups excluding carboxylic acids is 1. The van der Waals surface area contributed by atoms with Crippen LogP contribution in [0.2, 0.25) is 0 Å². The molecule has 0 radical (unpaired) electrons. The Bertz CT molecular complexity index is 1130. The van der Waals surface area contributed by atoms with E-state index in [0.717, 1.165) is 18.4 Å². The standard InChI is InChI=1S/C24H27N3O6/c1-29-18-9-7-15(12-20(18)31-3)22-25-23(33-26-22)17-6-5-11-27(14-17)24(28)16-8-10-19(30-2)21(13-16)32-4/h7-10,12-13,17H,5-6,11,14H2,1-4H3. The van der Waals surface area contributed by atoms with E-state index in [-0.39, 0.29) is 11.8 Å². The molecule has 2 aromatic carbocycles. The Balaban J connectivity index is 1.50. The van der Waals surface area contributed by atoms with Gasteiger partial charge in [0.15, 0.2) is 23.0 Å². The van der Waals surface area contributed by atoms with Gasteiger partial charge in [-0.05, 0) is 49.2 Å². The maximum Gasteiger partial charge on any atom is 0.254 e. The zero-order valence-corrected chi connectivity index (χ0v) is 19.2. The first kappa shape index (κ1) is 22.4. The fourth-order valence-corrected chi connectivity index (χ4v) is 4.01. The molecule has 2 heterocycles. The van der Waals surface area contributed by atoms with Gasteiger partial charge < -0.3 is 28.4 Å². The SMILES string of the molecule is COc1ccc(C(=O)N2CCCC(c3nc(-c4ccc(OC)c(OC)c4)no3)C2)cc1OC. The van der Waals surface area contributed by atoms with Crippen LogP contribution < -0.4 is 18.9 Å². The Morgan fingerprint density at radius 3 is 2.30 bits per heavy atom. The number of amides is 1. The highest BCUT2D eigenvalue weighted by Gasteiger charge is 2.29. The van der Waals surface area contributed by atoms with Gasteiger partial charge in [0, 0.05) is 24.2 Å². The summed E-state index contributed by atoms with van der Waals surface area (Å²) in [6.07, 6.45) is 1.71. The number of likely N-dealkylation sites (tertiary alicyclic amines) is 1. The van der Waals surface area contributed by atoms with Gasteiger partial charge in [-0.1, -0.05) is 5.16 Å². The number of hydrogen-bond acceptors (Lipinski definition) is 8. The molecule has 9 heteroatoms. The van der Waals surface area contributed by atoms with E-state index in [0.29, 0.717) is 53.4 Å². The van der Waals surface area contributed by atoms with E-state index in [2.05, 4.69) is 10.1 Å². The number of benzene rings is 2. The van der Waals surface area contributed by atoms with Crippen LogP contribution in [0.4, 0.5) is 0 Å². The summed E-state index contributed by atoms with van der Waals surface area (Å²) >= 11 is 0. The normalized spacial score (nSPS) is 15.8. The summed E-state index contributed by atoms with van der Waals surface area (Å²) in [6.45, 7) is 1.17. The van der Waals surface area contributed by atoms with Crippen LogP contribution >= 0.6 is 0 Å². The van der Waals surface area contributed by atoms with Crippen LogP contribution in [-0.2, 0) is 0 Å². The molecule has 0 saturated carbocycles. The van der Waals surface area contributed by atoms with Crippen LogP contribution in [0.3, 0.4) is 0 Å². The predicted octanol–water partition coefficient (Wildman–Crippen LogP) is 3.79. The number of methoxy groups -OCH3 is 4. The van der Waals surface area contributed by atoms with Crippen molar-refractivity contribution in [3.63, 3.8) is 0 Å². The summed E-state index contributed by atoms with van der Waals surface area (Å²) in [4.78, 5) is 19.6. The molecule has 0 N–H and O–H groups in total. The molecule has 1 saturated heterocycles. The van der Waals surface area contributed by atoms with Crippen molar-refractivity contribution in [3.05, 3.63) is 47.9 Å². The average Bonchev–Trinajstić information content (AvgIpc) is 3.38. The Hall–Kier alpha value is -3.75. The number of aromatic nitrogens is 2. The highest BCUT2D eigenvalue weighted by atomic mass is 16.5. The maximum absolute atomic E-state index is 13.1. The third kappa shape index (κ3) is 4.57. The first-order chi connectivity index (χ1) is 16.1. The van der Waals surface area contributed by atoms with E-state index in [4.69, 9.17) is 23.5 Å². The zero-order valence-electron chi connectivity index (χ0n) is 19.2. The smallest absolute Gasteiger partial charge is 0.254 e. The number of piperidine rings is 1. The van der Waals surface area contributed by atoms with Gasteiger partial charge in [0.05, 0.1) is 34.4 Å². The van der Waals surface area contributed by atoms with Crippen molar-refractivity contribution in [1.82, 2.24) is 15.0 Å². The largest absolute Gasteiger partial charge is 0.493 e. The maximum atomic E-state index is 13.1. The zero-order chi connectivity index (χ0) is 23.4. The van der Waals surface area contributed by atoms with Crippen molar-refractivity contribution in [1.29, 1.82) is 0 Å². The van der Waals surface area contributed by atoms with Gasteiger partial charge in [-0.25, -0.2) is 0 Å². The van der Waals surface area contributed by atoms with Crippen LogP contribution in [0.15, 0.2) is 40.9 Å². The Morgan fingerprint density at radius 2 is 1.61 bits per heavy atom. The third-order valence-electron chi connectivity index (χ3n) is 5.77. The molecule has 4 rings (SSSR count). The fourth-order valence-electron chi connectivity index (χ4n) is 4.01. The molecule has 1 aromatic heterocycles. The summed E-state index contributed by atoms with van der Waals surface area (Å²) < 4.78 is 26.8. The highest BCUT2D eigenvalue weighted by molar-refractivity contribution is 5.95. The van der Waals surface area contributed by atoms with Crippen LogP contribution in [0.25, 0.3) is 11.4 Å². The summed E-state index contributed by atoms with van der Waals surface area (Å²) in [5.74, 6) is 3.20. The van der Waals surface area contributed by atoms with Crippen molar-refractivity contribution in [2.45, 2.75) is 18.8 Å². The number of hydrogen-bond donors (Lipinski definition) is 0. The van der Waals surface area contributed by atoms with Crippen molar-refractivity contribution < 1.29 is 28.3 Å². The van der Waals surface area contributed by atoms with Crippen LogP contribution in [0.1, 0.15) is 35.0 Å². The van der Waals surface area contributed by atoms with Gasteiger partial charge in [-0.15, -0.1) is 0 Å². The number of carbonyl (C=O) groups is 1. The summed E-state index contributed by atoms with van der Waals surface area (Å²) in [6, 6.07) is 10.6. The number of rotatable bonds is 7.